The molecule has 1 atom stereocenters. The summed E-state index contributed by atoms with van der Waals surface area (Å²) in [4.78, 5) is 32.1. The highest BCUT2D eigenvalue weighted by molar-refractivity contribution is 6.06. The number of hydrogen-bond donors (Lipinski definition) is 2. The molecular formula is C7H9NO4. The van der Waals surface area contributed by atoms with Crippen LogP contribution in [0.25, 0.3) is 0 Å². The van der Waals surface area contributed by atoms with Crippen LogP contribution < -0.4 is 5.32 Å². The lowest BCUT2D eigenvalue weighted by molar-refractivity contribution is -0.143. The smallest absolute Gasteiger partial charge is 0.304 e. The third-order valence-electron chi connectivity index (χ3n) is 1.89. The average molecular weight is 171 g/mol. The van der Waals surface area contributed by atoms with Gasteiger partial charge in [-0.2, -0.15) is 0 Å². The van der Waals surface area contributed by atoms with Crippen molar-refractivity contribution in [1.29, 1.82) is 0 Å². The van der Waals surface area contributed by atoms with E-state index in [1.54, 1.807) is 0 Å². The van der Waals surface area contributed by atoms with Gasteiger partial charge in [0.1, 0.15) is 0 Å². The summed E-state index contributed by atoms with van der Waals surface area (Å²) in [5.41, 5.74) is -1.05. The van der Waals surface area contributed by atoms with E-state index in [2.05, 4.69) is 5.32 Å². The molecule has 1 aliphatic rings. The van der Waals surface area contributed by atoms with Crippen LogP contribution in [0.2, 0.25) is 0 Å². The number of carbonyl (C=O) groups excluding carboxylic acids is 2. The van der Waals surface area contributed by atoms with Gasteiger partial charge in [0.05, 0.1) is 11.8 Å². The molecule has 1 rings (SSSR count). The Labute approximate surface area is 68.8 Å². The number of hydrogen-bond acceptors (Lipinski definition) is 3. The van der Waals surface area contributed by atoms with Crippen LogP contribution in [-0.4, -0.2) is 22.9 Å². The van der Waals surface area contributed by atoms with Crippen molar-refractivity contribution in [3.8, 4) is 0 Å². The van der Waals surface area contributed by atoms with Gasteiger partial charge in [-0.25, -0.2) is 0 Å². The predicted octanol–water partition coefficient (Wildman–Crippen LogP) is -0.486. The summed E-state index contributed by atoms with van der Waals surface area (Å²) in [5.74, 6) is -1.96. The SMILES string of the molecule is C[C@]1(CC(=O)O)CC(=O)NC1=O. The maximum absolute atomic E-state index is 11.0. The third kappa shape index (κ3) is 1.44. The van der Waals surface area contributed by atoms with E-state index in [4.69, 9.17) is 5.11 Å². The topological polar surface area (TPSA) is 83.5 Å². The summed E-state index contributed by atoms with van der Waals surface area (Å²) in [6.07, 6.45) is -0.331. The summed E-state index contributed by atoms with van der Waals surface area (Å²) in [7, 11) is 0. The molecule has 0 bridgehead atoms. The van der Waals surface area contributed by atoms with Crippen molar-refractivity contribution in [2.75, 3.05) is 0 Å². The molecule has 1 saturated heterocycles. The second-order valence-corrected chi connectivity index (χ2v) is 3.19. The van der Waals surface area contributed by atoms with E-state index in [9.17, 15) is 14.4 Å². The fourth-order valence-electron chi connectivity index (χ4n) is 1.23. The minimum absolute atomic E-state index is 0.0296. The maximum atomic E-state index is 11.0. The first-order chi connectivity index (χ1) is 5.44. The Balaban J connectivity index is 2.77. The standard InChI is InChI=1S/C7H9NO4/c1-7(3-5(10)11)2-4(9)8-6(7)12/h2-3H2,1H3,(H,10,11)(H,8,9,12)/t7-/m1/s1. The largest absolute Gasteiger partial charge is 0.481 e. The molecule has 2 amide bonds. The molecule has 0 aromatic carbocycles. The first kappa shape index (κ1) is 8.70. The number of carboxylic acid groups (broad SMARTS) is 1. The Hall–Kier alpha value is -1.39. The van der Waals surface area contributed by atoms with Gasteiger partial charge in [-0.1, -0.05) is 0 Å². The molecule has 66 valence electrons. The van der Waals surface area contributed by atoms with Gasteiger partial charge in [0.25, 0.3) is 0 Å². The number of carbonyl (C=O) groups is 3. The second-order valence-electron chi connectivity index (χ2n) is 3.19. The second kappa shape index (κ2) is 2.58. The van der Waals surface area contributed by atoms with Crippen LogP contribution in [0.4, 0.5) is 0 Å². The van der Waals surface area contributed by atoms with Crippen LogP contribution in [0.5, 0.6) is 0 Å². The van der Waals surface area contributed by atoms with Crippen LogP contribution >= 0.6 is 0 Å². The summed E-state index contributed by atoms with van der Waals surface area (Å²) >= 11 is 0. The van der Waals surface area contributed by atoms with Gasteiger partial charge in [-0.3, -0.25) is 19.7 Å². The fourth-order valence-corrected chi connectivity index (χ4v) is 1.23. The quantitative estimate of drug-likeness (QED) is 0.549. The van der Waals surface area contributed by atoms with E-state index in [0.717, 1.165) is 0 Å². The third-order valence-corrected chi connectivity index (χ3v) is 1.89. The summed E-state index contributed by atoms with van der Waals surface area (Å²) in [6.45, 7) is 1.47. The molecule has 0 saturated carbocycles. The van der Waals surface area contributed by atoms with Crippen molar-refractivity contribution in [1.82, 2.24) is 5.32 Å². The van der Waals surface area contributed by atoms with Crippen molar-refractivity contribution in [2.24, 2.45) is 5.41 Å². The van der Waals surface area contributed by atoms with Crippen LogP contribution in [0.15, 0.2) is 0 Å². The highest BCUT2D eigenvalue weighted by atomic mass is 16.4. The number of carboxylic acids is 1. The van der Waals surface area contributed by atoms with Crippen molar-refractivity contribution in [2.45, 2.75) is 19.8 Å². The van der Waals surface area contributed by atoms with Crippen molar-refractivity contribution < 1.29 is 19.5 Å². The molecular weight excluding hydrogens is 162 g/mol. The molecule has 0 aromatic heterocycles. The zero-order chi connectivity index (χ0) is 9.35. The monoisotopic (exact) mass is 171 g/mol. The van der Waals surface area contributed by atoms with E-state index in [1.807, 2.05) is 0 Å². The minimum atomic E-state index is -1.07. The first-order valence-corrected chi connectivity index (χ1v) is 3.50. The Kier molecular flexibility index (Phi) is 1.87. The Bertz CT molecular complexity index is 260. The zero-order valence-electron chi connectivity index (χ0n) is 6.59. The predicted molar refractivity (Wildman–Crippen MR) is 38.1 cm³/mol. The number of aliphatic carboxylic acids is 1. The molecule has 1 heterocycles. The molecule has 0 radical (unpaired) electrons. The summed E-state index contributed by atoms with van der Waals surface area (Å²) < 4.78 is 0. The van der Waals surface area contributed by atoms with Gasteiger partial charge in [-0.15, -0.1) is 0 Å². The molecule has 0 aromatic rings. The molecule has 2 N–H and O–H groups in total. The number of imide groups is 1. The molecule has 5 nitrogen and oxygen atoms in total. The highest BCUT2D eigenvalue weighted by Crippen LogP contribution is 2.30. The van der Waals surface area contributed by atoms with E-state index in [0.29, 0.717) is 0 Å². The van der Waals surface area contributed by atoms with E-state index >= 15 is 0 Å². The number of rotatable bonds is 2. The maximum Gasteiger partial charge on any atom is 0.304 e. The number of amides is 2. The lowest BCUT2D eigenvalue weighted by Gasteiger charge is -2.15. The summed E-state index contributed by atoms with van der Waals surface area (Å²) in [5, 5.41) is 10.5. The van der Waals surface area contributed by atoms with Gasteiger partial charge in [0.2, 0.25) is 11.8 Å². The first-order valence-electron chi connectivity index (χ1n) is 3.50. The van der Waals surface area contributed by atoms with Crippen molar-refractivity contribution in [3.63, 3.8) is 0 Å². The van der Waals surface area contributed by atoms with Gasteiger partial charge in [0, 0.05) is 6.42 Å². The lowest BCUT2D eigenvalue weighted by Crippen LogP contribution is -2.30. The van der Waals surface area contributed by atoms with Crippen molar-refractivity contribution >= 4 is 17.8 Å². The van der Waals surface area contributed by atoms with Crippen LogP contribution in [-0.2, 0) is 14.4 Å². The van der Waals surface area contributed by atoms with Gasteiger partial charge in [-0.05, 0) is 6.92 Å². The average Bonchev–Trinajstić information content (AvgIpc) is 2.04. The molecule has 0 aliphatic carbocycles. The molecule has 12 heavy (non-hydrogen) atoms. The normalized spacial score (nSPS) is 28.8. The minimum Gasteiger partial charge on any atom is -0.481 e. The molecule has 5 heteroatoms. The molecule has 1 aliphatic heterocycles. The van der Waals surface area contributed by atoms with Gasteiger partial charge in [0.15, 0.2) is 0 Å². The zero-order valence-corrected chi connectivity index (χ0v) is 6.59. The fraction of sp³-hybridized carbons (Fsp3) is 0.571. The van der Waals surface area contributed by atoms with Crippen LogP contribution in [0.1, 0.15) is 19.8 Å². The van der Waals surface area contributed by atoms with E-state index in [1.165, 1.54) is 6.92 Å². The lowest BCUT2D eigenvalue weighted by atomic mass is 9.85. The van der Waals surface area contributed by atoms with Gasteiger partial charge < -0.3 is 5.11 Å². The van der Waals surface area contributed by atoms with Crippen LogP contribution in [0.3, 0.4) is 0 Å². The highest BCUT2D eigenvalue weighted by Gasteiger charge is 2.43. The van der Waals surface area contributed by atoms with E-state index < -0.39 is 23.2 Å². The Morgan fingerprint density at radius 2 is 2.25 bits per heavy atom. The molecule has 1 fully saturated rings. The molecule has 0 unspecified atom stereocenters. The Morgan fingerprint density at radius 1 is 1.67 bits per heavy atom. The van der Waals surface area contributed by atoms with Crippen molar-refractivity contribution in [3.05, 3.63) is 0 Å². The Morgan fingerprint density at radius 3 is 2.58 bits per heavy atom. The van der Waals surface area contributed by atoms with E-state index in [-0.39, 0.29) is 12.8 Å². The number of nitrogens with one attached hydrogen (secondary N) is 1. The van der Waals surface area contributed by atoms with Gasteiger partial charge >= 0.3 is 5.97 Å². The summed E-state index contributed by atoms with van der Waals surface area (Å²) in [6, 6.07) is 0. The molecule has 0 spiro atoms. The van der Waals surface area contributed by atoms with Crippen LogP contribution in [0, 0.1) is 5.41 Å².